The molecule has 192 valence electrons. The number of halogens is 1. The van der Waals surface area contributed by atoms with Crippen LogP contribution in [0.3, 0.4) is 0 Å². The van der Waals surface area contributed by atoms with Crippen molar-refractivity contribution in [1.82, 2.24) is 19.9 Å². The average molecular weight is 559 g/mol. The van der Waals surface area contributed by atoms with E-state index < -0.39 is 52.6 Å². The van der Waals surface area contributed by atoms with E-state index in [-0.39, 0.29) is 32.3 Å². The molecule has 2 aromatic rings. The van der Waals surface area contributed by atoms with Gasteiger partial charge in [0.1, 0.15) is 24.7 Å². The summed E-state index contributed by atoms with van der Waals surface area (Å²) in [6.45, 7) is -0.410. The number of thiazole rings is 1. The van der Waals surface area contributed by atoms with Gasteiger partial charge in [0.25, 0.3) is 17.7 Å². The van der Waals surface area contributed by atoms with E-state index in [1.165, 1.54) is 17.5 Å². The number of nitrogens with zero attached hydrogens (tertiary/aromatic N) is 3. The Balaban J connectivity index is 1.76. The van der Waals surface area contributed by atoms with Gasteiger partial charge in [0.05, 0.1) is 6.04 Å². The minimum atomic E-state index is -4.97. The zero-order valence-electron chi connectivity index (χ0n) is 18.4. The molecule has 14 nitrogen and oxygen atoms in total. The lowest BCUT2D eigenvalue weighted by molar-refractivity contribution is -0.144. The summed E-state index contributed by atoms with van der Waals surface area (Å²) >= 11 is 6.40. The van der Waals surface area contributed by atoms with Gasteiger partial charge in [-0.15, -0.1) is 22.9 Å². The van der Waals surface area contributed by atoms with E-state index in [2.05, 4.69) is 30.9 Å². The van der Waals surface area contributed by atoms with Crippen molar-refractivity contribution in [3.8, 4) is 0 Å². The molecule has 1 fully saturated rings. The van der Waals surface area contributed by atoms with E-state index in [0.29, 0.717) is 0 Å². The van der Waals surface area contributed by atoms with Crippen LogP contribution in [0.1, 0.15) is 16.1 Å². The fraction of sp³-hybridized carbons (Fsp3) is 0.263. The lowest BCUT2D eigenvalue weighted by Gasteiger charge is -2.44. The maximum absolute atomic E-state index is 12.9. The lowest BCUT2D eigenvalue weighted by Crippen LogP contribution is -2.74. The van der Waals surface area contributed by atoms with Gasteiger partial charge in [-0.05, 0) is 12.1 Å². The number of nitrogens with one attached hydrogen (secondary N) is 3. The fourth-order valence-electron chi connectivity index (χ4n) is 3.15. The van der Waals surface area contributed by atoms with Gasteiger partial charge >= 0.3 is 10.3 Å². The van der Waals surface area contributed by atoms with Crippen LogP contribution in [0, 0.1) is 0 Å². The number of carbonyl (C=O) groups is 4. The molecule has 0 radical (unpaired) electrons. The number of hydrogen-bond acceptors (Lipinski definition) is 10. The number of aromatic nitrogens is 1. The van der Waals surface area contributed by atoms with Gasteiger partial charge in [0.2, 0.25) is 5.91 Å². The number of alkyl halides is 1. The Kier molecular flexibility index (Phi) is 8.57. The van der Waals surface area contributed by atoms with Gasteiger partial charge in [-0.1, -0.05) is 23.4 Å². The van der Waals surface area contributed by atoms with Crippen molar-refractivity contribution < 1.29 is 37.0 Å². The number of rotatable bonds is 10. The Labute approximate surface area is 213 Å². The van der Waals surface area contributed by atoms with Crippen LogP contribution in [0.2, 0.25) is 0 Å². The number of hydrogen-bond donors (Lipinski definition) is 4. The second-order valence-electron chi connectivity index (χ2n) is 7.05. The number of β-lactam (4-membered cyclic amide) rings is 1. The molecule has 2 heterocycles. The Morgan fingerprint density at radius 3 is 2.58 bits per heavy atom. The third-order valence-electron chi connectivity index (χ3n) is 4.72. The molecule has 0 saturated carbocycles. The van der Waals surface area contributed by atoms with Crippen LogP contribution in [-0.4, -0.2) is 83.2 Å². The lowest BCUT2D eigenvalue weighted by atomic mass is 9.98. The largest absolute Gasteiger partial charge is 0.398 e. The molecule has 0 aliphatic carbocycles. The van der Waals surface area contributed by atoms with E-state index >= 15 is 0 Å². The van der Waals surface area contributed by atoms with Crippen molar-refractivity contribution in [3.05, 3.63) is 47.0 Å². The van der Waals surface area contributed by atoms with Crippen molar-refractivity contribution in [2.75, 3.05) is 24.9 Å². The number of anilines is 1. The van der Waals surface area contributed by atoms with Crippen LogP contribution < -0.4 is 16.0 Å². The van der Waals surface area contributed by atoms with Gasteiger partial charge < -0.3 is 20.8 Å². The zero-order chi connectivity index (χ0) is 26.5. The predicted octanol–water partition coefficient (Wildman–Crippen LogP) is -0.401. The van der Waals surface area contributed by atoms with Gasteiger partial charge in [-0.2, -0.15) is 8.42 Å². The van der Waals surface area contributed by atoms with Crippen LogP contribution >= 0.6 is 22.9 Å². The van der Waals surface area contributed by atoms with E-state index in [1.54, 1.807) is 18.2 Å². The Bertz CT molecular complexity index is 1300. The molecule has 17 heteroatoms. The summed E-state index contributed by atoms with van der Waals surface area (Å²) in [6.07, 6.45) is 0. The Morgan fingerprint density at radius 2 is 1.97 bits per heavy atom. The second-order valence-corrected chi connectivity index (χ2v) is 9.46. The average Bonchev–Trinajstić information content (AvgIpc) is 3.30. The molecule has 36 heavy (non-hydrogen) atoms. The van der Waals surface area contributed by atoms with Crippen LogP contribution in [0.4, 0.5) is 5.13 Å². The summed E-state index contributed by atoms with van der Waals surface area (Å²) in [7, 11) is -3.82. The molecule has 4 amide bonds. The first-order valence-electron chi connectivity index (χ1n) is 9.94. The van der Waals surface area contributed by atoms with Crippen LogP contribution in [0.5, 0.6) is 0 Å². The summed E-state index contributed by atoms with van der Waals surface area (Å²) < 4.78 is 33.0. The first kappa shape index (κ1) is 27.0. The topological polar surface area (TPSA) is 196 Å². The molecule has 1 aliphatic heterocycles. The zero-order valence-corrected chi connectivity index (χ0v) is 20.8. The summed E-state index contributed by atoms with van der Waals surface area (Å²) in [6, 6.07) is 5.21. The molecule has 1 aliphatic rings. The fourth-order valence-corrected chi connectivity index (χ4v) is 4.81. The standard InChI is InChI=1S/C19H19ClN6O8S2/c1-34-25-14(11-9-35-19(22-11)23-13(27)7-20)17(29)24-15-12(26(18(15)30)36(31,32)33)8-21-16(28)10-5-3-2-4-6-10/h2-6,9,12,15H,7-8H2,1H3,(H,21,28)(H,24,29)(H,22,23,27)(H,31,32,33). The predicted molar refractivity (Wildman–Crippen MR) is 128 cm³/mol. The quantitative estimate of drug-likeness (QED) is 0.0985. The van der Waals surface area contributed by atoms with Crippen molar-refractivity contribution in [2.24, 2.45) is 5.16 Å². The Hall–Kier alpha value is -3.60. The minimum absolute atomic E-state index is 0.0171. The van der Waals surface area contributed by atoms with Crippen LogP contribution in [0.15, 0.2) is 40.9 Å². The minimum Gasteiger partial charge on any atom is -0.398 e. The van der Waals surface area contributed by atoms with Crippen molar-refractivity contribution in [1.29, 1.82) is 0 Å². The van der Waals surface area contributed by atoms with Crippen molar-refractivity contribution in [3.63, 3.8) is 0 Å². The molecule has 2 unspecified atom stereocenters. The normalized spacial score (nSPS) is 17.7. The molecular formula is C19H19ClN6O8S2. The highest BCUT2D eigenvalue weighted by Gasteiger charge is 2.54. The monoisotopic (exact) mass is 558 g/mol. The molecule has 0 bridgehead atoms. The molecule has 4 N–H and O–H groups in total. The molecule has 0 spiro atoms. The second kappa shape index (κ2) is 11.4. The van der Waals surface area contributed by atoms with Gasteiger partial charge in [0.15, 0.2) is 10.8 Å². The van der Waals surface area contributed by atoms with Gasteiger partial charge in [0, 0.05) is 17.5 Å². The van der Waals surface area contributed by atoms with Crippen molar-refractivity contribution in [2.45, 2.75) is 12.1 Å². The summed E-state index contributed by atoms with van der Waals surface area (Å²) in [4.78, 5) is 57.9. The van der Waals surface area contributed by atoms with Gasteiger partial charge in [-0.3, -0.25) is 23.7 Å². The van der Waals surface area contributed by atoms with E-state index in [0.717, 1.165) is 18.4 Å². The molecule has 3 rings (SSSR count). The molecule has 1 saturated heterocycles. The number of oxime groups is 1. The maximum atomic E-state index is 12.9. The highest BCUT2D eigenvalue weighted by Crippen LogP contribution is 2.24. The van der Waals surface area contributed by atoms with Crippen LogP contribution in [0.25, 0.3) is 0 Å². The third kappa shape index (κ3) is 6.14. The third-order valence-corrected chi connectivity index (χ3v) is 6.67. The highest BCUT2D eigenvalue weighted by atomic mass is 35.5. The van der Waals surface area contributed by atoms with E-state index in [1.807, 2.05) is 0 Å². The molecule has 1 aromatic heterocycles. The number of benzene rings is 1. The van der Waals surface area contributed by atoms with Crippen LogP contribution in [-0.2, 0) is 29.5 Å². The van der Waals surface area contributed by atoms with E-state index in [9.17, 15) is 32.1 Å². The highest BCUT2D eigenvalue weighted by molar-refractivity contribution is 7.84. The summed E-state index contributed by atoms with van der Waals surface area (Å²) in [5, 5.41) is 12.3. The van der Waals surface area contributed by atoms with Crippen molar-refractivity contribution >= 4 is 67.7 Å². The Morgan fingerprint density at radius 1 is 1.28 bits per heavy atom. The summed E-state index contributed by atoms with van der Waals surface area (Å²) in [5.41, 5.74) is -0.126. The maximum Gasteiger partial charge on any atom is 0.362 e. The molecular weight excluding hydrogens is 540 g/mol. The summed E-state index contributed by atoms with van der Waals surface area (Å²) in [5.74, 6) is -3.51. The first-order chi connectivity index (χ1) is 17.1. The molecule has 2 atom stereocenters. The van der Waals surface area contributed by atoms with E-state index in [4.69, 9.17) is 11.6 Å². The first-order valence-corrected chi connectivity index (χ1v) is 12.8. The van der Waals surface area contributed by atoms with Gasteiger partial charge in [-0.25, -0.2) is 9.29 Å². The number of amides is 4. The SMILES string of the molecule is CON=C(C(=O)NC1C(=O)N(S(=O)(=O)O)C1CNC(=O)c1ccccc1)c1csc(NC(=O)CCl)n1. The number of carbonyl (C=O) groups excluding carboxylic acids is 4. The smallest absolute Gasteiger partial charge is 0.362 e. The molecule has 1 aromatic carbocycles.